The highest BCUT2D eigenvalue weighted by Gasteiger charge is 2.22. The molecule has 0 aliphatic carbocycles. The molecule has 100 valence electrons. The zero-order chi connectivity index (χ0) is 13.0. The van der Waals surface area contributed by atoms with E-state index in [1.54, 1.807) is 6.07 Å². The number of rotatable bonds is 4. The van der Waals surface area contributed by atoms with Crippen LogP contribution in [0.5, 0.6) is 5.75 Å². The quantitative estimate of drug-likeness (QED) is 0.887. The molecule has 0 amide bonds. The second-order valence-corrected chi connectivity index (χ2v) is 5.11. The molecular formula is C15H24N2O. The van der Waals surface area contributed by atoms with Gasteiger partial charge in [-0.2, -0.15) is 0 Å². The Bertz CT molecular complexity index is 373. The molecule has 0 saturated carbocycles. The third kappa shape index (κ3) is 3.03. The molecule has 1 saturated heterocycles. The molecule has 1 aromatic rings. The van der Waals surface area contributed by atoms with Gasteiger partial charge in [-0.15, -0.1) is 0 Å². The summed E-state index contributed by atoms with van der Waals surface area (Å²) in [7, 11) is 0. The van der Waals surface area contributed by atoms with Gasteiger partial charge in [0.1, 0.15) is 5.75 Å². The summed E-state index contributed by atoms with van der Waals surface area (Å²) in [5.74, 6) is 0.418. The van der Waals surface area contributed by atoms with Crippen molar-refractivity contribution >= 4 is 0 Å². The Balaban J connectivity index is 1.95. The van der Waals surface area contributed by atoms with Crippen LogP contribution in [0.2, 0.25) is 0 Å². The van der Waals surface area contributed by atoms with Gasteiger partial charge in [0.2, 0.25) is 0 Å². The van der Waals surface area contributed by atoms with E-state index in [-0.39, 0.29) is 0 Å². The molecule has 1 atom stereocenters. The van der Waals surface area contributed by atoms with Crippen LogP contribution in [-0.4, -0.2) is 47.6 Å². The molecule has 3 nitrogen and oxygen atoms in total. The number of nitrogens with zero attached hydrogens (tertiary/aromatic N) is 2. The highest BCUT2D eigenvalue weighted by Crippen LogP contribution is 2.28. The summed E-state index contributed by atoms with van der Waals surface area (Å²) in [4.78, 5) is 4.98. The fraction of sp³-hybridized carbons (Fsp3) is 0.600. The topological polar surface area (TPSA) is 26.7 Å². The first-order chi connectivity index (χ1) is 8.72. The predicted molar refractivity (Wildman–Crippen MR) is 74.8 cm³/mol. The number of aromatic hydroxyl groups is 1. The zero-order valence-corrected chi connectivity index (χ0v) is 11.5. The van der Waals surface area contributed by atoms with Crippen molar-refractivity contribution in [2.45, 2.75) is 26.3 Å². The van der Waals surface area contributed by atoms with E-state index in [0.717, 1.165) is 31.7 Å². The maximum absolute atomic E-state index is 9.91. The molecule has 1 aromatic carbocycles. The van der Waals surface area contributed by atoms with Crippen molar-refractivity contribution in [3.05, 3.63) is 29.8 Å². The lowest BCUT2D eigenvalue weighted by molar-refractivity contribution is 0.101. The van der Waals surface area contributed by atoms with Crippen molar-refractivity contribution in [1.82, 2.24) is 9.80 Å². The van der Waals surface area contributed by atoms with Gasteiger partial charge < -0.3 is 10.0 Å². The summed E-state index contributed by atoms with van der Waals surface area (Å²) < 4.78 is 0. The molecule has 1 fully saturated rings. The number of phenolic OH excluding ortho intramolecular Hbond substituents is 1. The van der Waals surface area contributed by atoms with Crippen molar-refractivity contribution in [2.24, 2.45) is 0 Å². The zero-order valence-electron chi connectivity index (χ0n) is 11.5. The Morgan fingerprint density at radius 2 is 1.83 bits per heavy atom. The van der Waals surface area contributed by atoms with Gasteiger partial charge in [0.15, 0.2) is 0 Å². The Morgan fingerprint density at radius 3 is 2.44 bits per heavy atom. The highest BCUT2D eigenvalue weighted by atomic mass is 16.3. The molecule has 18 heavy (non-hydrogen) atoms. The SMILES string of the molecule is CCCN1CCN(C(C)c2ccccc2O)CC1. The van der Waals surface area contributed by atoms with Gasteiger partial charge in [-0.05, 0) is 26.0 Å². The Morgan fingerprint density at radius 1 is 1.17 bits per heavy atom. The van der Waals surface area contributed by atoms with E-state index in [9.17, 15) is 5.11 Å². The normalized spacial score (nSPS) is 19.9. The van der Waals surface area contributed by atoms with Gasteiger partial charge in [0, 0.05) is 37.8 Å². The third-order valence-electron chi connectivity index (χ3n) is 3.88. The first-order valence-electron chi connectivity index (χ1n) is 6.96. The van der Waals surface area contributed by atoms with E-state index >= 15 is 0 Å². The van der Waals surface area contributed by atoms with Crippen LogP contribution in [0.15, 0.2) is 24.3 Å². The Labute approximate surface area is 110 Å². The molecule has 1 aliphatic rings. The minimum absolute atomic E-state index is 0.301. The van der Waals surface area contributed by atoms with E-state index in [1.807, 2.05) is 18.2 Å². The summed E-state index contributed by atoms with van der Waals surface area (Å²) in [6, 6.07) is 7.98. The molecule has 1 aliphatic heterocycles. The molecule has 0 radical (unpaired) electrons. The first kappa shape index (κ1) is 13.4. The highest BCUT2D eigenvalue weighted by molar-refractivity contribution is 5.34. The summed E-state index contributed by atoms with van der Waals surface area (Å²) in [5, 5.41) is 9.91. The van der Waals surface area contributed by atoms with Crippen molar-refractivity contribution < 1.29 is 5.11 Å². The van der Waals surface area contributed by atoms with E-state index in [4.69, 9.17) is 0 Å². The van der Waals surface area contributed by atoms with Crippen molar-refractivity contribution in [3.63, 3.8) is 0 Å². The number of hydrogen-bond acceptors (Lipinski definition) is 3. The maximum Gasteiger partial charge on any atom is 0.120 e. The van der Waals surface area contributed by atoms with Crippen LogP contribution in [0.4, 0.5) is 0 Å². The average Bonchev–Trinajstić information content (AvgIpc) is 2.40. The molecule has 1 unspecified atom stereocenters. The summed E-state index contributed by atoms with van der Waals surface area (Å²) in [6.45, 7) is 10.1. The summed E-state index contributed by atoms with van der Waals surface area (Å²) >= 11 is 0. The standard InChI is InChI=1S/C15H24N2O/c1-3-8-16-9-11-17(12-10-16)13(2)14-6-4-5-7-15(14)18/h4-7,13,18H,3,8-12H2,1-2H3. The molecule has 1 N–H and O–H groups in total. The molecule has 3 heteroatoms. The maximum atomic E-state index is 9.91. The van der Waals surface area contributed by atoms with Gasteiger partial charge in [-0.1, -0.05) is 25.1 Å². The van der Waals surface area contributed by atoms with Crippen molar-refractivity contribution in [1.29, 1.82) is 0 Å². The number of piperazine rings is 1. The van der Waals surface area contributed by atoms with Crippen LogP contribution in [0.3, 0.4) is 0 Å². The molecule has 1 heterocycles. The third-order valence-corrected chi connectivity index (χ3v) is 3.88. The molecule has 0 spiro atoms. The van der Waals surface area contributed by atoms with Crippen LogP contribution >= 0.6 is 0 Å². The minimum Gasteiger partial charge on any atom is -0.508 e. The van der Waals surface area contributed by atoms with Gasteiger partial charge in [0.25, 0.3) is 0 Å². The van der Waals surface area contributed by atoms with Gasteiger partial charge in [0.05, 0.1) is 0 Å². The largest absolute Gasteiger partial charge is 0.508 e. The fourth-order valence-electron chi connectivity index (χ4n) is 2.73. The monoisotopic (exact) mass is 248 g/mol. The Kier molecular flexibility index (Phi) is 4.61. The van der Waals surface area contributed by atoms with Crippen LogP contribution in [0, 0.1) is 0 Å². The van der Waals surface area contributed by atoms with Gasteiger partial charge >= 0.3 is 0 Å². The fourth-order valence-corrected chi connectivity index (χ4v) is 2.73. The summed E-state index contributed by atoms with van der Waals surface area (Å²) in [6.07, 6.45) is 1.23. The number of para-hydroxylation sites is 1. The molecule has 0 bridgehead atoms. The molecule has 0 aromatic heterocycles. The van der Waals surface area contributed by atoms with E-state index in [2.05, 4.69) is 23.6 Å². The lowest BCUT2D eigenvalue weighted by Crippen LogP contribution is -2.47. The number of benzene rings is 1. The molecular weight excluding hydrogens is 224 g/mol. The summed E-state index contributed by atoms with van der Waals surface area (Å²) in [5.41, 5.74) is 1.04. The first-order valence-corrected chi connectivity index (χ1v) is 6.96. The van der Waals surface area contributed by atoms with E-state index < -0.39 is 0 Å². The van der Waals surface area contributed by atoms with Crippen molar-refractivity contribution in [3.8, 4) is 5.75 Å². The predicted octanol–water partition coefficient (Wildman–Crippen LogP) is 2.48. The van der Waals surface area contributed by atoms with Gasteiger partial charge in [-0.3, -0.25) is 4.90 Å². The number of phenols is 1. The van der Waals surface area contributed by atoms with Crippen LogP contribution in [0.25, 0.3) is 0 Å². The smallest absolute Gasteiger partial charge is 0.120 e. The lowest BCUT2D eigenvalue weighted by atomic mass is 10.0. The van der Waals surface area contributed by atoms with Crippen LogP contribution < -0.4 is 0 Å². The molecule has 2 rings (SSSR count). The second-order valence-electron chi connectivity index (χ2n) is 5.11. The van der Waals surface area contributed by atoms with E-state index in [1.165, 1.54) is 13.0 Å². The van der Waals surface area contributed by atoms with Crippen molar-refractivity contribution in [2.75, 3.05) is 32.7 Å². The van der Waals surface area contributed by atoms with Crippen LogP contribution in [-0.2, 0) is 0 Å². The van der Waals surface area contributed by atoms with Gasteiger partial charge in [-0.25, -0.2) is 0 Å². The average molecular weight is 248 g/mol. The minimum atomic E-state index is 0.301. The lowest BCUT2D eigenvalue weighted by Gasteiger charge is -2.38. The second kappa shape index (κ2) is 6.21. The Hall–Kier alpha value is -1.06. The van der Waals surface area contributed by atoms with Crippen LogP contribution in [0.1, 0.15) is 31.9 Å². The number of hydrogen-bond donors (Lipinski definition) is 1. The van der Waals surface area contributed by atoms with E-state index in [0.29, 0.717) is 11.8 Å².